The number of halogens is 2. The van der Waals surface area contributed by atoms with Gasteiger partial charge < -0.3 is 0 Å². The van der Waals surface area contributed by atoms with E-state index in [1.807, 2.05) is 6.07 Å². The van der Waals surface area contributed by atoms with Gasteiger partial charge in [-0.1, -0.05) is 70.0 Å². The van der Waals surface area contributed by atoms with Crippen LogP contribution in [0, 0.1) is 29.5 Å². The SMILES string of the molecule is CCCCCC1CCC(C(C)C2CCC(c3ccc(Cl)c(F)c3)CC2)CC1. The highest BCUT2D eigenvalue weighted by Gasteiger charge is 2.32. The lowest BCUT2D eigenvalue weighted by Gasteiger charge is -2.39. The second-order valence-corrected chi connectivity index (χ2v) is 9.83. The van der Waals surface area contributed by atoms with Gasteiger partial charge >= 0.3 is 0 Å². The van der Waals surface area contributed by atoms with Gasteiger partial charge in [0.2, 0.25) is 0 Å². The maximum Gasteiger partial charge on any atom is 0.142 e. The minimum Gasteiger partial charge on any atom is -0.205 e. The summed E-state index contributed by atoms with van der Waals surface area (Å²) in [5.74, 6) is 3.96. The third kappa shape index (κ3) is 5.72. The monoisotopic (exact) mass is 392 g/mol. The summed E-state index contributed by atoms with van der Waals surface area (Å²) >= 11 is 5.84. The molecule has 2 saturated carbocycles. The molecule has 0 amide bonds. The summed E-state index contributed by atoms with van der Waals surface area (Å²) in [6.45, 7) is 4.83. The zero-order chi connectivity index (χ0) is 19.2. The highest BCUT2D eigenvalue weighted by molar-refractivity contribution is 6.30. The van der Waals surface area contributed by atoms with Gasteiger partial charge in [0.1, 0.15) is 5.82 Å². The van der Waals surface area contributed by atoms with Crippen LogP contribution in [0.4, 0.5) is 4.39 Å². The van der Waals surface area contributed by atoms with Gasteiger partial charge in [-0.25, -0.2) is 4.39 Å². The van der Waals surface area contributed by atoms with Crippen molar-refractivity contribution < 1.29 is 4.39 Å². The van der Waals surface area contributed by atoms with E-state index < -0.39 is 0 Å². The van der Waals surface area contributed by atoms with Crippen molar-refractivity contribution in [1.29, 1.82) is 0 Å². The first-order valence-electron chi connectivity index (χ1n) is 11.5. The molecule has 2 aliphatic carbocycles. The van der Waals surface area contributed by atoms with Crippen LogP contribution in [0.15, 0.2) is 18.2 Å². The minimum atomic E-state index is -0.264. The standard InChI is InChI=1S/C25H38ClF/c1-3-4-5-6-19-7-9-20(10-8-19)18(2)21-11-13-22(14-12-21)23-15-16-24(26)25(27)17-23/h15-22H,3-14H2,1-2H3. The van der Waals surface area contributed by atoms with Crippen molar-refractivity contribution in [2.45, 2.75) is 96.8 Å². The van der Waals surface area contributed by atoms with E-state index >= 15 is 0 Å². The lowest BCUT2D eigenvalue weighted by molar-refractivity contribution is 0.131. The maximum absolute atomic E-state index is 13.8. The molecule has 0 nitrogen and oxygen atoms in total. The number of rotatable bonds is 7. The van der Waals surface area contributed by atoms with Gasteiger partial charge in [0.05, 0.1) is 5.02 Å². The molecule has 1 aromatic rings. The lowest BCUT2D eigenvalue weighted by atomic mass is 9.66. The van der Waals surface area contributed by atoms with Gasteiger partial charge in [-0.15, -0.1) is 0 Å². The number of hydrogen-bond acceptors (Lipinski definition) is 0. The summed E-state index contributed by atoms with van der Waals surface area (Å²) in [6.07, 6.45) is 16.6. The molecule has 0 aliphatic heterocycles. The molecule has 152 valence electrons. The molecule has 3 rings (SSSR count). The van der Waals surface area contributed by atoms with Gasteiger partial charge in [0, 0.05) is 0 Å². The summed E-state index contributed by atoms with van der Waals surface area (Å²) in [5.41, 5.74) is 1.15. The van der Waals surface area contributed by atoms with E-state index in [1.54, 1.807) is 12.1 Å². The Balaban J connectivity index is 1.43. The molecule has 0 N–H and O–H groups in total. The highest BCUT2D eigenvalue weighted by atomic mass is 35.5. The Morgan fingerprint density at radius 2 is 1.59 bits per heavy atom. The first-order valence-corrected chi connectivity index (χ1v) is 11.9. The van der Waals surface area contributed by atoms with E-state index in [1.165, 1.54) is 77.0 Å². The van der Waals surface area contributed by atoms with Crippen molar-refractivity contribution in [2.75, 3.05) is 0 Å². The second-order valence-electron chi connectivity index (χ2n) is 9.42. The Hall–Kier alpha value is -0.560. The summed E-state index contributed by atoms with van der Waals surface area (Å²) in [5, 5.41) is 0.242. The van der Waals surface area contributed by atoms with E-state index in [9.17, 15) is 4.39 Å². The van der Waals surface area contributed by atoms with Gasteiger partial charge in [0.25, 0.3) is 0 Å². The fraction of sp³-hybridized carbons (Fsp3) is 0.760. The van der Waals surface area contributed by atoms with Crippen LogP contribution in [0.2, 0.25) is 5.02 Å². The molecular weight excluding hydrogens is 355 g/mol. The largest absolute Gasteiger partial charge is 0.205 e. The van der Waals surface area contributed by atoms with Crippen molar-refractivity contribution in [3.63, 3.8) is 0 Å². The summed E-state index contributed by atoms with van der Waals surface area (Å²) in [6, 6.07) is 5.41. The highest BCUT2D eigenvalue weighted by Crippen LogP contribution is 2.45. The molecule has 1 atom stereocenters. The third-order valence-corrected chi connectivity index (χ3v) is 8.09. The minimum absolute atomic E-state index is 0.242. The van der Waals surface area contributed by atoms with Crippen molar-refractivity contribution >= 4 is 11.6 Å². The Kier molecular flexibility index (Phi) is 8.06. The molecule has 2 heteroatoms. The molecule has 2 aliphatic rings. The molecule has 0 bridgehead atoms. The van der Waals surface area contributed by atoms with Crippen LogP contribution < -0.4 is 0 Å². The zero-order valence-corrected chi connectivity index (χ0v) is 18.1. The van der Waals surface area contributed by atoms with Crippen LogP contribution in [0.25, 0.3) is 0 Å². The van der Waals surface area contributed by atoms with Crippen LogP contribution in [0.3, 0.4) is 0 Å². The molecule has 1 unspecified atom stereocenters. The fourth-order valence-corrected chi connectivity index (χ4v) is 5.93. The van der Waals surface area contributed by atoms with E-state index in [-0.39, 0.29) is 10.8 Å². The predicted molar refractivity (Wildman–Crippen MR) is 115 cm³/mol. The Bertz CT molecular complexity index is 568. The average Bonchev–Trinajstić information content (AvgIpc) is 2.70. The van der Waals surface area contributed by atoms with Crippen molar-refractivity contribution in [3.05, 3.63) is 34.6 Å². The first kappa shape index (κ1) is 21.2. The molecule has 27 heavy (non-hydrogen) atoms. The van der Waals surface area contributed by atoms with Gasteiger partial charge in [-0.2, -0.15) is 0 Å². The molecule has 2 fully saturated rings. The molecule has 0 heterocycles. The smallest absolute Gasteiger partial charge is 0.142 e. The van der Waals surface area contributed by atoms with Crippen molar-refractivity contribution in [1.82, 2.24) is 0 Å². The van der Waals surface area contributed by atoms with E-state index in [2.05, 4.69) is 13.8 Å². The quantitative estimate of drug-likeness (QED) is 0.406. The first-order chi connectivity index (χ1) is 13.1. The Morgan fingerprint density at radius 1 is 0.963 bits per heavy atom. The number of benzene rings is 1. The predicted octanol–water partition coefficient (Wildman–Crippen LogP) is 8.78. The lowest BCUT2D eigenvalue weighted by Crippen LogP contribution is -2.28. The normalized spacial score (nSPS) is 30.2. The van der Waals surface area contributed by atoms with E-state index in [0.29, 0.717) is 5.92 Å². The third-order valence-electron chi connectivity index (χ3n) is 7.78. The number of hydrogen-bond donors (Lipinski definition) is 0. The van der Waals surface area contributed by atoms with Gasteiger partial charge in [-0.05, 0) is 85.8 Å². The molecule has 1 aromatic carbocycles. The van der Waals surface area contributed by atoms with Crippen molar-refractivity contribution in [3.8, 4) is 0 Å². The van der Waals surface area contributed by atoms with Crippen LogP contribution in [0.5, 0.6) is 0 Å². The molecule has 0 aromatic heterocycles. The maximum atomic E-state index is 13.8. The summed E-state index contributed by atoms with van der Waals surface area (Å²) in [7, 11) is 0. The van der Waals surface area contributed by atoms with E-state index in [0.717, 1.165) is 29.2 Å². The summed E-state index contributed by atoms with van der Waals surface area (Å²) < 4.78 is 13.8. The molecule has 0 saturated heterocycles. The van der Waals surface area contributed by atoms with Gasteiger partial charge in [-0.3, -0.25) is 0 Å². The Labute approximate surface area is 171 Å². The van der Waals surface area contributed by atoms with Crippen LogP contribution >= 0.6 is 11.6 Å². The van der Waals surface area contributed by atoms with Crippen LogP contribution in [-0.4, -0.2) is 0 Å². The molecule has 0 spiro atoms. The zero-order valence-electron chi connectivity index (χ0n) is 17.4. The molecular formula is C25H38ClF. The fourth-order valence-electron chi connectivity index (χ4n) is 5.82. The van der Waals surface area contributed by atoms with Gasteiger partial charge in [0.15, 0.2) is 0 Å². The topological polar surface area (TPSA) is 0 Å². The summed E-state index contributed by atoms with van der Waals surface area (Å²) in [4.78, 5) is 0. The Morgan fingerprint density at radius 3 is 2.19 bits per heavy atom. The van der Waals surface area contributed by atoms with Crippen molar-refractivity contribution in [2.24, 2.45) is 23.7 Å². The molecule has 0 radical (unpaired) electrons. The van der Waals surface area contributed by atoms with Crippen LogP contribution in [0.1, 0.15) is 102 Å². The average molecular weight is 393 g/mol. The van der Waals surface area contributed by atoms with E-state index in [4.69, 9.17) is 11.6 Å². The number of unbranched alkanes of at least 4 members (excludes halogenated alkanes) is 2. The van der Waals surface area contributed by atoms with Crippen LogP contribution in [-0.2, 0) is 0 Å². The second kappa shape index (κ2) is 10.3.